The number of amides is 1. The number of anilines is 1. The van der Waals surface area contributed by atoms with Crippen LogP contribution in [0.2, 0.25) is 0 Å². The molecule has 7 heteroatoms. The van der Waals surface area contributed by atoms with Crippen molar-refractivity contribution in [3.63, 3.8) is 0 Å². The molecule has 2 N–H and O–H groups in total. The Kier molecular flexibility index (Phi) is 4.09. The standard InChI is InChI=1S/C13H8BrFN2O3/c14-10-3-1-2-9(13(19)20)11(10)17-12(18)7-4-8(15)6-16-5-7/h1-6H,(H,17,18)(H,19,20). The van der Waals surface area contributed by atoms with Gasteiger partial charge in [0.25, 0.3) is 5.91 Å². The molecule has 0 saturated carbocycles. The molecule has 0 spiro atoms. The first-order valence-corrected chi connectivity index (χ1v) is 6.22. The second-order valence-electron chi connectivity index (χ2n) is 3.81. The Morgan fingerprint density at radius 2 is 2.05 bits per heavy atom. The number of hydrogen-bond acceptors (Lipinski definition) is 3. The number of hydrogen-bond donors (Lipinski definition) is 2. The van der Waals surface area contributed by atoms with E-state index in [2.05, 4.69) is 26.2 Å². The summed E-state index contributed by atoms with van der Waals surface area (Å²) in [6.07, 6.45) is 2.16. The smallest absolute Gasteiger partial charge is 0.337 e. The van der Waals surface area contributed by atoms with Crippen molar-refractivity contribution in [3.05, 3.63) is 58.1 Å². The van der Waals surface area contributed by atoms with Gasteiger partial charge in [-0.05, 0) is 34.1 Å². The van der Waals surface area contributed by atoms with Gasteiger partial charge in [-0.2, -0.15) is 0 Å². The van der Waals surface area contributed by atoms with Crippen molar-refractivity contribution >= 4 is 33.5 Å². The molecule has 0 aliphatic heterocycles. The maximum absolute atomic E-state index is 13.0. The Bertz CT molecular complexity index is 691. The van der Waals surface area contributed by atoms with Gasteiger partial charge in [-0.1, -0.05) is 6.07 Å². The first kappa shape index (κ1) is 14.1. The third kappa shape index (κ3) is 3.00. The molecule has 0 fully saturated rings. The normalized spacial score (nSPS) is 10.1. The van der Waals surface area contributed by atoms with Crippen LogP contribution in [0.25, 0.3) is 0 Å². The number of nitrogens with zero attached hydrogens (tertiary/aromatic N) is 1. The van der Waals surface area contributed by atoms with E-state index in [1.807, 2.05) is 0 Å². The summed E-state index contributed by atoms with van der Waals surface area (Å²) in [7, 11) is 0. The minimum absolute atomic E-state index is 0.00269. The molecule has 1 amide bonds. The predicted octanol–water partition coefficient (Wildman–Crippen LogP) is 2.93. The zero-order chi connectivity index (χ0) is 14.7. The summed E-state index contributed by atoms with van der Waals surface area (Å²) in [5, 5.41) is 11.5. The first-order valence-electron chi connectivity index (χ1n) is 5.42. The molecule has 0 unspecified atom stereocenters. The number of rotatable bonds is 3. The van der Waals surface area contributed by atoms with Crippen LogP contribution in [0.15, 0.2) is 41.1 Å². The highest BCUT2D eigenvalue weighted by atomic mass is 79.9. The maximum atomic E-state index is 13.0. The number of halogens is 2. The van der Waals surface area contributed by atoms with Crippen LogP contribution in [0.4, 0.5) is 10.1 Å². The zero-order valence-corrected chi connectivity index (χ0v) is 11.5. The molecule has 5 nitrogen and oxygen atoms in total. The SMILES string of the molecule is O=C(Nc1c(Br)cccc1C(=O)O)c1cncc(F)c1. The van der Waals surface area contributed by atoms with Crippen LogP contribution in [-0.4, -0.2) is 22.0 Å². The lowest BCUT2D eigenvalue weighted by Gasteiger charge is -2.10. The molecule has 102 valence electrons. The Hall–Kier alpha value is -2.28. The van der Waals surface area contributed by atoms with Crippen molar-refractivity contribution in [1.82, 2.24) is 4.98 Å². The molecule has 1 aromatic heterocycles. The number of para-hydroxylation sites is 1. The van der Waals surface area contributed by atoms with Gasteiger partial charge in [0.15, 0.2) is 0 Å². The van der Waals surface area contributed by atoms with E-state index in [9.17, 15) is 14.0 Å². The average Bonchev–Trinajstić information content (AvgIpc) is 2.40. The number of pyridine rings is 1. The molecule has 0 aliphatic rings. The predicted molar refractivity (Wildman–Crippen MR) is 73.2 cm³/mol. The van der Waals surface area contributed by atoms with E-state index in [1.165, 1.54) is 18.3 Å². The summed E-state index contributed by atoms with van der Waals surface area (Å²) >= 11 is 3.16. The molecule has 0 saturated heterocycles. The summed E-state index contributed by atoms with van der Waals surface area (Å²) in [6.45, 7) is 0. The highest BCUT2D eigenvalue weighted by molar-refractivity contribution is 9.10. The minimum Gasteiger partial charge on any atom is -0.478 e. The fourth-order valence-corrected chi connectivity index (χ4v) is 2.02. The summed E-state index contributed by atoms with van der Waals surface area (Å²) in [4.78, 5) is 26.6. The fourth-order valence-electron chi connectivity index (χ4n) is 1.55. The van der Waals surface area contributed by atoms with Crippen molar-refractivity contribution in [1.29, 1.82) is 0 Å². The molecule has 0 atom stereocenters. The molecular formula is C13H8BrFN2O3. The molecule has 2 rings (SSSR count). The largest absolute Gasteiger partial charge is 0.478 e. The quantitative estimate of drug-likeness (QED) is 0.901. The van der Waals surface area contributed by atoms with E-state index in [4.69, 9.17) is 5.11 Å². The number of carbonyl (C=O) groups is 2. The highest BCUT2D eigenvalue weighted by Crippen LogP contribution is 2.27. The van der Waals surface area contributed by atoms with Crippen LogP contribution in [0.5, 0.6) is 0 Å². The van der Waals surface area contributed by atoms with E-state index in [-0.39, 0.29) is 16.8 Å². The van der Waals surface area contributed by atoms with E-state index in [1.54, 1.807) is 6.07 Å². The second kappa shape index (κ2) is 5.79. The monoisotopic (exact) mass is 338 g/mol. The lowest BCUT2D eigenvalue weighted by Crippen LogP contribution is -2.15. The third-order valence-electron chi connectivity index (χ3n) is 2.45. The van der Waals surface area contributed by atoms with Crippen LogP contribution in [0, 0.1) is 5.82 Å². The van der Waals surface area contributed by atoms with E-state index >= 15 is 0 Å². The van der Waals surface area contributed by atoms with Gasteiger partial charge < -0.3 is 10.4 Å². The van der Waals surface area contributed by atoms with Crippen LogP contribution in [0.1, 0.15) is 20.7 Å². The first-order chi connectivity index (χ1) is 9.49. The van der Waals surface area contributed by atoms with E-state index < -0.39 is 17.7 Å². The molecule has 20 heavy (non-hydrogen) atoms. The Morgan fingerprint density at radius 3 is 2.70 bits per heavy atom. The Morgan fingerprint density at radius 1 is 1.30 bits per heavy atom. The van der Waals surface area contributed by atoms with Gasteiger partial charge in [0, 0.05) is 10.7 Å². The molecule has 0 aliphatic carbocycles. The van der Waals surface area contributed by atoms with Crippen LogP contribution < -0.4 is 5.32 Å². The average molecular weight is 339 g/mol. The van der Waals surface area contributed by atoms with Gasteiger partial charge in [-0.15, -0.1) is 0 Å². The summed E-state index contributed by atoms with van der Waals surface area (Å²) in [5.41, 5.74) is 0.0310. The van der Waals surface area contributed by atoms with Crippen LogP contribution in [-0.2, 0) is 0 Å². The number of aromatic carboxylic acids is 1. The van der Waals surface area contributed by atoms with Crippen molar-refractivity contribution < 1.29 is 19.1 Å². The Labute approximate surface area is 121 Å². The number of carbonyl (C=O) groups excluding carboxylic acids is 1. The second-order valence-corrected chi connectivity index (χ2v) is 4.67. The van der Waals surface area contributed by atoms with Gasteiger partial charge in [0.2, 0.25) is 0 Å². The molecule has 1 aromatic carbocycles. The summed E-state index contributed by atoms with van der Waals surface area (Å²) < 4.78 is 13.4. The molecule has 2 aromatic rings. The van der Waals surface area contributed by atoms with Crippen molar-refractivity contribution in [2.24, 2.45) is 0 Å². The van der Waals surface area contributed by atoms with Crippen LogP contribution >= 0.6 is 15.9 Å². The summed E-state index contributed by atoms with van der Waals surface area (Å²) in [6, 6.07) is 5.49. The third-order valence-corrected chi connectivity index (χ3v) is 3.11. The molecule has 1 heterocycles. The molecule has 0 radical (unpaired) electrons. The fraction of sp³-hybridized carbons (Fsp3) is 0. The van der Waals surface area contributed by atoms with Crippen molar-refractivity contribution in [2.75, 3.05) is 5.32 Å². The topological polar surface area (TPSA) is 79.3 Å². The maximum Gasteiger partial charge on any atom is 0.337 e. The van der Waals surface area contributed by atoms with Gasteiger partial charge in [-0.3, -0.25) is 9.78 Å². The lowest BCUT2D eigenvalue weighted by atomic mass is 10.1. The van der Waals surface area contributed by atoms with Gasteiger partial charge >= 0.3 is 5.97 Å². The van der Waals surface area contributed by atoms with Crippen LogP contribution in [0.3, 0.4) is 0 Å². The van der Waals surface area contributed by atoms with Gasteiger partial charge in [0.05, 0.1) is 23.0 Å². The van der Waals surface area contributed by atoms with Gasteiger partial charge in [0.1, 0.15) is 5.82 Å². The van der Waals surface area contributed by atoms with Crippen molar-refractivity contribution in [2.45, 2.75) is 0 Å². The number of benzene rings is 1. The molecule has 0 bridgehead atoms. The molecular weight excluding hydrogens is 331 g/mol. The number of nitrogens with one attached hydrogen (secondary N) is 1. The lowest BCUT2D eigenvalue weighted by molar-refractivity contribution is 0.0698. The highest BCUT2D eigenvalue weighted by Gasteiger charge is 2.16. The summed E-state index contributed by atoms with van der Waals surface area (Å²) in [5.74, 6) is -2.48. The van der Waals surface area contributed by atoms with Gasteiger partial charge in [-0.25, -0.2) is 9.18 Å². The zero-order valence-electron chi connectivity index (χ0n) is 9.93. The van der Waals surface area contributed by atoms with Crippen molar-refractivity contribution in [3.8, 4) is 0 Å². The Balaban J connectivity index is 2.35. The number of carboxylic acids is 1. The number of carboxylic acid groups (broad SMARTS) is 1. The minimum atomic E-state index is -1.18. The number of aromatic nitrogens is 1. The van der Waals surface area contributed by atoms with E-state index in [0.29, 0.717) is 4.47 Å². The van der Waals surface area contributed by atoms with E-state index in [0.717, 1.165) is 12.3 Å².